The Morgan fingerprint density at radius 2 is 2.20 bits per heavy atom. The van der Waals surface area contributed by atoms with Crippen molar-refractivity contribution in [2.45, 2.75) is 25.4 Å². The molecule has 0 saturated carbocycles. The molecule has 2 saturated heterocycles. The number of rotatable bonds is 3. The highest BCUT2D eigenvalue weighted by Crippen LogP contribution is 2.25. The topological polar surface area (TPSA) is 49.9 Å². The highest BCUT2D eigenvalue weighted by Gasteiger charge is 2.41. The predicted molar refractivity (Wildman–Crippen MR) is 73.1 cm³/mol. The van der Waals surface area contributed by atoms with Crippen LogP contribution in [-0.4, -0.2) is 47.9 Å². The number of hydrogen-bond donors (Lipinski definition) is 0. The number of methoxy groups -OCH3 is 1. The highest BCUT2D eigenvalue weighted by atomic mass is 16.5. The lowest BCUT2D eigenvalue weighted by molar-refractivity contribution is -0.154. The quantitative estimate of drug-likeness (QED) is 0.827. The minimum atomic E-state index is -0.234. The molecule has 1 unspecified atom stereocenters. The summed E-state index contributed by atoms with van der Waals surface area (Å²) >= 11 is 0. The van der Waals surface area contributed by atoms with E-state index in [-0.39, 0.29) is 24.4 Å². The summed E-state index contributed by atoms with van der Waals surface area (Å²) in [6, 6.07) is 7.37. The lowest BCUT2D eigenvalue weighted by Gasteiger charge is -2.36. The molecule has 1 atom stereocenters. The summed E-state index contributed by atoms with van der Waals surface area (Å²) < 4.78 is 5.18. The number of ether oxygens (including phenoxy) is 1. The van der Waals surface area contributed by atoms with Crippen LogP contribution in [0, 0.1) is 0 Å². The summed E-state index contributed by atoms with van der Waals surface area (Å²) in [5.41, 5.74) is 0.983. The van der Waals surface area contributed by atoms with Gasteiger partial charge in [0.1, 0.15) is 18.3 Å². The van der Waals surface area contributed by atoms with Gasteiger partial charge < -0.3 is 14.5 Å². The molecule has 2 fully saturated rings. The average molecular weight is 274 g/mol. The fourth-order valence-corrected chi connectivity index (χ4v) is 2.99. The van der Waals surface area contributed by atoms with E-state index in [0.29, 0.717) is 6.54 Å². The molecule has 1 aromatic rings. The van der Waals surface area contributed by atoms with Crippen molar-refractivity contribution in [1.29, 1.82) is 0 Å². The zero-order chi connectivity index (χ0) is 14.1. The molecule has 2 heterocycles. The molecule has 2 aliphatic rings. The minimum Gasteiger partial charge on any atom is -0.497 e. The van der Waals surface area contributed by atoms with Crippen molar-refractivity contribution in [3.8, 4) is 5.75 Å². The zero-order valence-electron chi connectivity index (χ0n) is 11.5. The standard InChI is InChI=1S/C15H18N2O3/c1-20-12-5-2-4-11(8-12)9-16-10-14(18)17-7-3-6-13(17)15(16)19/h2,4-5,8,13H,3,6-7,9-10H2,1H3. The van der Waals surface area contributed by atoms with Crippen LogP contribution >= 0.6 is 0 Å². The second-order valence-electron chi connectivity index (χ2n) is 5.29. The lowest BCUT2D eigenvalue weighted by Crippen LogP contribution is -2.56. The lowest BCUT2D eigenvalue weighted by atomic mass is 10.1. The molecular weight excluding hydrogens is 256 g/mol. The van der Waals surface area contributed by atoms with Crippen LogP contribution in [0.1, 0.15) is 18.4 Å². The van der Waals surface area contributed by atoms with Gasteiger partial charge in [0.2, 0.25) is 11.8 Å². The van der Waals surface area contributed by atoms with E-state index in [1.807, 2.05) is 24.3 Å². The molecule has 0 radical (unpaired) electrons. The van der Waals surface area contributed by atoms with E-state index in [1.54, 1.807) is 16.9 Å². The Hall–Kier alpha value is -2.04. The number of amides is 2. The first kappa shape index (κ1) is 13.0. The monoisotopic (exact) mass is 274 g/mol. The van der Waals surface area contributed by atoms with Gasteiger partial charge in [0.05, 0.1) is 7.11 Å². The normalized spacial score (nSPS) is 22.1. The fraction of sp³-hybridized carbons (Fsp3) is 0.467. The van der Waals surface area contributed by atoms with Crippen LogP contribution in [0.15, 0.2) is 24.3 Å². The Kier molecular flexibility index (Phi) is 3.34. The second kappa shape index (κ2) is 5.15. The molecule has 5 nitrogen and oxygen atoms in total. The summed E-state index contributed by atoms with van der Waals surface area (Å²) in [7, 11) is 1.62. The third kappa shape index (κ3) is 2.24. The number of carbonyl (C=O) groups excluding carboxylic acids is 2. The maximum absolute atomic E-state index is 12.4. The summed E-state index contributed by atoms with van der Waals surface area (Å²) in [6.07, 6.45) is 1.72. The van der Waals surface area contributed by atoms with Crippen LogP contribution in [0.3, 0.4) is 0 Å². The molecule has 0 bridgehead atoms. The van der Waals surface area contributed by atoms with Gasteiger partial charge in [0.25, 0.3) is 0 Å². The van der Waals surface area contributed by atoms with Crippen molar-refractivity contribution in [3.05, 3.63) is 29.8 Å². The van der Waals surface area contributed by atoms with Gasteiger partial charge in [-0.2, -0.15) is 0 Å². The van der Waals surface area contributed by atoms with Crippen molar-refractivity contribution < 1.29 is 14.3 Å². The van der Waals surface area contributed by atoms with E-state index in [4.69, 9.17) is 4.74 Å². The first-order chi connectivity index (χ1) is 9.69. The van der Waals surface area contributed by atoms with Crippen molar-refractivity contribution in [2.75, 3.05) is 20.2 Å². The summed E-state index contributed by atoms with van der Waals surface area (Å²) in [4.78, 5) is 27.8. The number of nitrogens with zero attached hydrogens (tertiary/aromatic N) is 2. The zero-order valence-corrected chi connectivity index (χ0v) is 11.5. The Morgan fingerprint density at radius 3 is 3.00 bits per heavy atom. The molecule has 2 amide bonds. The molecule has 0 aliphatic carbocycles. The number of benzene rings is 1. The number of carbonyl (C=O) groups is 2. The number of piperazine rings is 1. The van der Waals surface area contributed by atoms with E-state index in [0.717, 1.165) is 30.7 Å². The van der Waals surface area contributed by atoms with Gasteiger partial charge >= 0.3 is 0 Å². The van der Waals surface area contributed by atoms with Crippen molar-refractivity contribution in [3.63, 3.8) is 0 Å². The Bertz CT molecular complexity index is 544. The van der Waals surface area contributed by atoms with E-state index in [1.165, 1.54) is 0 Å². The summed E-state index contributed by atoms with van der Waals surface area (Å²) in [5, 5.41) is 0. The second-order valence-corrected chi connectivity index (χ2v) is 5.29. The summed E-state index contributed by atoms with van der Waals surface area (Å²) in [6.45, 7) is 1.38. The number of hydrogen-bond acceptors (Lipinski definition) is 3. The Balaban J connectivity index is 1.76. The van der Waals surface area contributed by atoms with Crippen LogP contribution in [0.25, 0.3) is 0 Å². The maximum Gasteiger partial charge on any atom is 0.246 e. The minimum absolute atomic E-state index is 0.0648. The Morgan fingerprint density at radius 1 is 1.35 bits per heavy atom. The van der Waals surface area contributed by atoms with E-state index in [9.17, 15) is 9.59 Å². The van der Waals surface area contributed by atoms with Gasteiger partial charge in [0, 0.05) is 13.1 Å². The van der Waals surface area contributed by atoms with Gasteiger partial charge in [-0.25, -0.2) is 0 Å². The third-order valence-corrected chi connectivity index (χ3v) is 4.00. The predicted octanol–water partition coefficient (Wildman–Crippen LogP) is 1.03. The van der Waals surface area contributed by atoms with Crippen LogP contribution in [0.5, 0.6) is 5.75 Å². The highest BCUT2D eigenvalue weighted by molar-refractivity contribution is 5.95. The van der Waals surface area contributed by atoms with Gasteiger partial charge in [-0.05, 0) is 30.5 Å². The molecule has 20 heavy (non-hydrogen) atoms. The average Bonchev–Trinajstić information content (AvgIpc) is 2.95. The number of fused-ring (bicyclic) bond motifs is 1. The van der Waals surface area contributed by atoms with Crippen LogP contribution in [0.2, 0.25) is 0 Å². The van der Waals surface area contributed by atoms with Crippen LogP contribution in [-0.2, 0) is 16.1 Å². The molecule has 5 heteroatoms. The maximum atomic E-state index is 12.4. The van der Waals surface area contributed by atoms with Crippen LogP contribution < -0.4 is 4.74 Å². The van der Waals surface area contributed by atoms with Crippen LogP contribution in [0.4, 0.5) is 0 Å². The van der Waals surface area contributed by atoms with Crippen molar-refractivity contribution in [2.24, 2.45) is 0 Å². The first-order valence-corrected chi connectivity index (χ1v) is 6.90. The van der Waals surface area contributed by atoms with Gasteiger partial charge in [-0.1, -0.05) is 12.1 Å². The molecular formula is C15H18N2O3. The van der Waals surface area contributed by atoms with Gasteiger partial charge in [-0.3, -0.25) is 9.59 Å². The molecule has 0 spiro atoms. The van der Waals surface area contributed by atoms with Gasteiger partial charge in [-0.15, -0.1) is 0 Å². The summed E-state index contributed by atoms with van der Waals surface area (Å²) in [5.74, 6) is 0.903. The molecule has 1 aromatic carbocycles. The molecule has 3 rings (SSSR count). The Labute approximate surface area is 118 Å². The molecule has 0 N–H and O–H groups in total. The SMILES string of the molecule is COc1cccc(CN2CC(=O)N3CCCC3C2=O)c1. The smallest absolute Gasteiger partial charge is 0.246 e. The van der Waals surface area contributed by atoms with Crippen molar-refractivity contribution >= 4 is 11.8 Å². The molecule has 0 aromatic heterocycles. The van der Waals surface area contributed by atoms with Gasteiger partial charge in [0.15, 0.2) is 0 Å². The van der Waals surface area contributed by atoms with E-state index in [2.05, 4.69) is 0 Å². The van der Waals surface area contributed by atoms with E-state index >= 15 is 0 Å². The molecule has 106 valence electrons. The fourth-order valence-electron chi connectivity index (χ4n) is 2.99. The first-order valence-electron chi connectivity index (χ1n) is 6.90. The largest absolute Gasteiger partial charge is 0.497 e. The van der Waals surface area contributed by atoms with Crippen molar-refractivity contribution in [1.82, 2.24) is 9.80 Å². The van der Waals surface area contributed by atoms with E-state index < -0.39 is 0 Å². The third-order valence-electron chi connectivity index (χ3n) is 4.00. The molecule has 2 aliphatic heterocycles.